The molecule has 1 atom stereocenters. The fourth-order valence-electron chi connectivity index (χ4n) is 1.50. The van der Waals surface area contributed by atoms with Crippen molar-refractivity contribution in [2.75, 3.05) is 6.61 Å². The highest BCUT2D eigenvalue weighted by atomic mass is 16.5. The van der Waals surface area contributed by atoms with Crippen LogP contribution in [0.15, 0.2) is 18.2 Å². The Morgan fingerprint density at radius 1 is 1.31 bits per heavy atom. The molecule has 0 radical (unpaired) electrons. The van der Waals surface area contributed by atoms with E-state index in [1.807, 2.05) is 13.0 Å². The molecular formula is C14H23NO. The van der Waals surface area contributed by atoms with Gasteiger partial charge in [0, 0.05) is 6.04 Å². The van der Waals surface area contributed by atoms with Crippen LogP contribution in [-0.2, 0) is 5.41 Å². The fourth-order valence-corrected chi connectivity index (χ4v) is 1.50. The van der Waals surface area contributed by atoms with E-state index in [1.54, 1.807) is 0 Å². The number of nitrogens with two attached hydrogens (primary N) is 1. The fraction of sp³-hybridized carbons (Fsp3) is 0.571. The first-order chi connectivity index (χ1) is 7.30. The number of hydrogen-bond acceptors (Lipinski definition) is 2. The SMILES string of the molecule is Cc1cc(C(C)(C)C)ccc1OC[C@@H](C)N. The Kier molecular flexibility index (Phi) is 3.98. The molecule has 0 amide bonds. The van der Waals surface area contributed by atoms with Crippen molar-refractivity contribution in [2.24, 2.45) is 5.73 Å². The number of rotatable bonds is 3. The van der Waals surface area contributed by atoms with Crippen LogP contribution in [0.4, 0.5) is 0 Å². The molecule has 1 aromatic rings. The first-order valence-corrected chi connectivity index (χ1v) is 5.80. The number of hydrogen-bond donors (Lipinski definition) is 1. The van der Waals surface area contributed by atoms with Crippen LogP contribution in [-0.4, -0.2) is 12.6 Å². The topological polar surface area (TPSA) is 35.2 Å². The summed E-state index contributed by atoms with van der Waals surface area (Å²) < 4.78 is 5.64. The number of ether oxygens (including phenoxy) is 1. The van der Waals surface area contributed by atoms with Crippen molar-refractivity contribution >= 4 is 0 Å². The van der Waals surface area contributed by atoms with Gasteiger partial charge in [-0.05, 0) is 36.5 Å². The lowest BCUT2D eigenvalue weighted by atomic mass is 9.86. The molecular weight excluding hydrogens is 198 g/mol. The van der Waals surface area contributed by atoms with Gasteiger partial charge in [-0.15, -0.1) is 0 Å². The van der Waals surface area contributed by atoms with E-state index in [4.69, 9.17) is 10.5 Å². The van der Waals surface area contributed by atoms with Gasteiger partial charge in [0.2, 0.25) is 0 Å². The van der Waals surface area contributed by atoms with Gasteiger partial charge in [0.05, 0.1) is 0 Å². The van der Waals surface area contributed by atoms with Crippen LogP contribution in [0.1, 0.15) is 38.8 Å². The molecule has 0 heterocycles. The lowest BCUT2D eigenvalue weighted by Gasteiger charge is -2.21. The van der Waals surface area contributed by atoms with Gasteiger partial charge in [0.1, 0.15) is 12.4 Å². The second-order valence-electron chi connectivity index (χ2n) is 5.52. The smallest absolute Gasteiger partial charge is 0.122 e. The van der Waals surface area contributed by atoms with Crippen LogP contribution < -0.4 is 10.5 Å². The van der Waals surface area contributed by atoms with Crippen molar-refractivity contribution in [2.45, 2.75) is 46.1 Å². The molecule has 0 spiro atoms. The Hall–Kier alpha value is -1.02. The van der Waals surface area contributed by atoms with Crippen LogP contribution in [0, 0.1) is 6.92 Å². The van der Waals surface area contributed by atoms with Gasteiger partial charge in [0.15, 0.2) is 0 Å². The maximum atomic E-state index is 5.66. The summed E-state index contributed by atoms with van der Waals surface area (Å²) in [5, 5.41) is 0. The van der Waals surface area contributed by atoms with Crippen LogP contribution in [0.5, 0.6) is 5.75 Å². The zero-order valence-corrected chi connectivity index (χ0v) is 11.0. The maximum Gasteiger partial charge on any atom is 0.122 e. The van der Waals surface area contributed by atoms with E-state index in [0.717, 1.165) is 5.75 Å². The Morgan fingerprint density at radius 2 is 1.94 bits per heavy atom. The van der Waals surface area contributed by atoms with Crippen molar-refractivity contribution in [1.82, 2.24) is 0 Å². The summed E-state index contributed by atoms with van der Waals surface area (Å²) in [7, 11) is 0. The molecule has 2 nitrogen and oxygen atoms in total. The monoisotopic (exact) mass is 221 g/mol. The molecule has 0 fully saturated rings. The standard InChI is InChI=1S/C14H23NO/c1-10-8-12(14(3,4)5)6-7-13(10)16-9-11(2)15/h6-8,11H,9,15H2,1-5H3/t11-/m1/s1. The van der Waals surface area contributed by atoms with E-state index in [1.165, 1.54) is 11.1 Å². The zero-order chi connectivity index (χ0) is 12.3. The molecule has 1 rings (SSSR count). The van der Waals surface area contributed by atoms with Crippen LogP contribution in [0.25, 0.3) is 0 Å². The molecule has 1 aromatic carbocycles. The lowest BCUT2D eigenvalue weighted by molar-refractivity contribution is 0.294. The summed E-state index contributed by atoms with van der Waals surface area (Å²) in [6, 6.07) is 6.43. The van der Waals surface area contributed by atoms with E-state index in [-0.39, 0.29) is 11.5 Å². The van der Waals surface area contributed by atoms with E-state index in [2.05, 4.69) is 39.8 Å². The largest absolute Gasteiger partial charge is 0.492 e. The third kappa shape index (κ3) is 3.53. The molecule has 0 unspecified atom stereocenters. The summed E-state index contributed by atoms with van der Waals surface area (Å²) in [5.41, 5.74) is 8.36. The predicted molar refractivity (Wildman–Crippen MR) is 69.0 cm³/mol. The maximum absolute atomic E-state index is 5.66. The van der Waals surface area contributed by atoms with E-state index in [9.17, 15) is 0 Å². The van der Waals surface area contributed by atoms with Gasteiger partial charge in [-0.1, -0.05) is 32.9 Å². The average molecular weight is 221 g/mol. The first kappa shape index (κ1) is 13.0. The minimum Gasteiger partial charge on any atom is -0.492 e. The van der Waals surface area contributed by atoms with Gasteiger partial charge in [-0.2, -0.15) is 0 Å². The molecule has 16 heavy (non-hydrogen) atoms. The molecule has 0 bridgehead atoms. The Balaban J connectivity index is 2.84. The second-order valence-corrected chi connectivity index (χ2v) is 5.52. The second kappa shape index (κ2) is 4.88. The number of benzene rings is 1. The highest BCUT2D eigenvalue weighted by Crippen LogP contribution is 2.27. The van der Waals surface area contributed by atoms with Crippen molar-refractivity contribution in [1.29, 1.82) is 0 Å². The van der Waals surface area contributed by atoms with E-state index >= 15 is 0 Å². The highest BCUT2D eigenvalue weighted by Gasteiger charge is 2.14. The van der Waals surface area contributed by atoms with Gasteiger partial charge >= 0.3 is 0 Å². The molecule has 0 saturated heterocycles. The normalized spacial score (nSPS) is 13.6. The van der Waals surface area contributed by atoms with Crippen LogP contribution >= 0.6 is 0 Å². The highest BCUT2D eigenvalue weighted by molar-refractivity contribution is 5.38. The third-order valence-corrected chi connectivity index (χ3v) is 2.54. The molecule has 0 aromatic heterocycles. The molecule has 90 valence electrons. The third-order valence-electron chi connectivity index (χ3n) is 2.54. The molecule has 2 heteroatoms. The summed E-state index contributed by atoms with van der Waals surface area (Å²) in [6.07, 6.45) is 0. The molecule has 0 aliphatic rings. The van der Waals surface area contributed by atoms with Crippen molar-refractivity contribution in [3.05, 3.63) is 29.3 Å². The van der Waals surface area contributed by atoms with Gasteiger partial charge in [-0.25, -0.2) is 0 Å². The Bertz CT molecular complexity index is 350. The van der Waals surface area contributed by atoms with Gasteiger partial charge < -0.3 is 10.5 Å². The minimum absolute atomic E-state index is 0.0710. The van der Waals surface area contributed by atoms with Gasteiger partial charge in [0.25, 0.3) is 0 Å². The van der Waals surface area contributed by atoms with E-state index < -0.39 is 0 Å². The zero-order valence-electron chi connectivity index (χ0n) is 11.0. The quantitative estimate of drug-likeness (QED) is 0.851. The summed E-state index contributed by atoms with van der Waals surface area (Å²) >= 11 is 0. The molecule has 0 aliphatic heterocycles. The first-order valence-electron chi connectivity index (χ1n) is 5.80. The van der Waals surface area contributed by atoms with Crippen LogP contribution in [0.3, 0.4) is 0 Å². The molecule has 2 N–H and O–H groups in total. The van der Waals surface area contributed by atoms with E-state index in [0.29, 0.717) is 6.61 Å². The molecule has 0 aliphatic carbocycles. The van der Waals surface area contributed by atoms with Gasteiger partial charge in [-0.3, -0.25) is 0 Å². The lowest BCUT2D eigenvalue weighted by Crippen LogP contribution is -2.23. The predicted octanol–water partition coefficient (Wildman–Crippen LogP) is 3.02. The summed E-state index contributed by atoms with van der Waals surface area (Å²) in [4.78, 5) is 0. The summed E-state index contributed by atoms with van der Waals surface area (Å²) in [6.45, 7) is 11.2. The average Bonchev–Trinajstić information content (AvgIpc) is 2.14. The van der Waals surface area contributed by atoms with Crippen molar-refractivity contribution < 1.29 is 4.74 Å². The molecule has 0 saturated carbocycles. The van der Waals surface area contributed by atoms with Crippen molar-refractivity contribution in [3.8, 4) is 5.75 Å². The van der Waals surface area contributed by atoms with Crippen molar-refractivity contribution in [3.63, 3.8) is 0 Å². The Morgan fingerprint density at radius 3 is 2.38 bits per heavy atom. The number of aryl methyl sites for hydroxylation is 1. The summed E-state index contributed by atoms with van der Waals surface area (Å²) in [5.74, 6) is 0.935. The minimum atomic E-state index is 0.0710. The van der Waals surface area contributed by atoms with Crippen LogP contribution in [0.2, 0.25) is 0 Å². The Labute approximate surface area is 98.8 Å².